The molecule has 0 atom stereocenters. The minimum atomic E-state index is -4.42. The van der Waals surface area contributed by atoms with Gasteiger partial charge in [0, 0.05) is 31.9 Å². The molecule has 1 N–H and O–H groups in total. The summed E-state index contributed by atoms with van der Waals surface area (Å²) < 4.78 is 72.2. The summed E-state index contributed by atoms with van der Waals surface area (Å²) in [6.07, 6.45) is -4.42. The first-order valence-corrected chi connectivity index (χ1v) is 13.6. The number of amides is 1. The van der Waals surface area contributed by atoms with Gasteiger partial charge in [-0.15, -0.1) is 0 Å². The Hall–Kier alpha value is -3.15. The van der Waals surface area contributed by atoms with Gasteiger partial charge >= 0.3 is 6.18 Å². The number of sulfonamides is 1. The summed E-state index contributed by atoms with van der Waals surface area (Å²) in [6.45, 7) is 1.15. The van der Waals surface area contributed by atoms with E-state index < -0.39 is 21.8 Å². The number of halogens is 5. The van der Waals surface area contributed by atoms with Gasteiger partial charge in [-0.05, 0) is 60.7 Å². The highest BCUT2D eigenvalue weighted by Crippen LogP contribution is 2.32. The van der Waals surface area contributed by atoms with E-state index in [1.165, 1.54) is 48.5 Å². The second-order valence-electron chi connectivity index (χ2n) is 8.41. The summed E-state index contributed by atoms with van der Waals surface area (Å²) in [7, 11) is -3.90. The fourth-order valence-electron chi connectivity index (χ4n) is 3.82. The molecule has 1 fully saturated rings. The Balaban J connectivity index is 1.28. The van der Waals surface area contributed by atoms with Gasteiger partial charge in [0.05, 0.1) is 26.2 Å². The van der Waals surface area contributed by atoms with Crippen molar-refractivity contribution in [3.8, 4) is 5.75 Å². The van der Waals surface area contributed by atoms with E-state index in [2.05, 4.69) is 4.72 Å². The van der Waals surface area contributed by atoms with Crippen LogP contribution >= 0.6 is 23.2 Å². The van der Waals surface area contributed by atoms with Crippen LogP contribution in [0.15, 0.2) is 71.6 Å². The van der Waals surface area contributed by atoms with Gasteiger partial charge in [-0.2, -0.15) is 13.2 Å². The molecule has 13 heteroatoms. The topological polar surface area (TPSA) is 78.9 Å². The van der Waals surface area contributed by atoms with Gasteiger partial charge in [0.15, 0.2) is 6.61 Å². The summed E-state index contributed by atoms with van der Waals surface area (Å²) >= 11 is 11.8. The number of hydrogen-bond acceptors (Lipinski definition) is 5. The Morgan fingerprint density at radius 1 is 0.921 bits per heavy atom. The van der Waals surface area contributed by atoms with Crippen molar-refractivity contribution < 1.29 is 31.1 Å². The van der Waals surface area contributed by atoms with Gasteiger partial charge in [-0.25, -0.2) is 8.42 Å². The lowest BCUT2D eigenvalue weighted by atomic mass is 10.1. The van der Waals surface area contributed by atoms with Gasteiger partial charge in [0.2, 0.25) is 0 Å². The van der Waals surface area contributed by atoms with Crippen molar-refractivity contribution in [1.29, 1.82) is 0 Å². The van der Waals surface area contributed by atoms with E-state index in [-0.39, 0.29) is 28.1 Å². The van der Waals surface area contributed by atoms with Crippen LogP contribution in [0.25, 0.3) is 0 Å². The molecule has 0 spiro atoms. The molecule has 1 heterocycles. The smallest absolute Gasteiger partial charge is 0.416 e. The average Bonchev–Trinajstić information content (AvgIpc) is 2.89. The van der Waals surface area contributed by atoms with Crippen LogP contribution in [-0.2, 0) is 21.0 Å². The first-order valence-electron chi connectivity index (χ1n) is 11.3. The highest BCUT2D eigenvalue weighted by atomic mass is 35.5. The molecule has 1 saturated heterocycles. The van der Waals surface area contributed by atoms with Crippen LogP contribution in [0.2, 0.25) is 10.0 Å². The zero-order chi connectivity index (χ0) is 27.5. The summed E-state index contributed by atoms with van der Waals surface area (Å²) in [5.74, 6) is 0.0149. The quantitative estimate of drug-likeness (QED) is 0.392. The molecule has 3 aromatic rings. The molecule has 0 saturated carbocycles. The van der Waals surface area contributed by atoms with Gasteiger partial charge in [-0.3, -0.25) is 9.52 Å². The Morgan fingerprint density at radius 2 is 1.61 bits per heavy atom. The fourth-order valence-corrected chi connectivity index (χ4v) is 5.17. The third kappa shape index (κ3) is 6.83. The number of carbonyl (C=O) groups excluding carboxylic acids is 1. The molecule has 1 aliphatic rings. The largest absolute Gasteiger partial charge is 0.484 e. The summed E-state index contributed by atoms with van der Waals surface area (Å²) in [5.41, 5.74) is -0.0174. The monoisotopic (exact) mass is 587 g/mol. The number of nitrogens with one attached hydrogen (secondary N) is 1. The second kappa shape index (κ2) is 11.3. The lowest BCUT2D eigenvalue weighted by Crippen LogP contribution is -2.50. The van der Waals surface area contributed by atoms with Crippen molar-refractivity contribution in [3.05, 3.63) is 82.3 Å². The summed E-state index contributed by atoms with van der Waals surface area (Å²) in [4.78, 5) is 15.9. The number of ether oxygens (including phenoxy) is 1. The minimum absolute atomic E-state index is 0.0204. The number of alkyl halides is 3. The molecule has 0 bridgehead atoms. The fraction of sp³-hybridized carbons (Fsp3) is 0.240. The molecule has 38 heavy (non-hydrogen) atoms. The summed E-state index contributed by atoms with van der Waals surface area (Å²) in [6, 6.07) is 15.0. The van der Waals surface area contributed by atoms with E-state index >= 15 is 0 Å². The maximum absolute atomic E-state index is 13.0. The third-order valence-corrected chi connectivity index (χ3v) is 7.98. The van der Waals surface area contributed by atoms with E-state index in [0.29, 0.717) is 42.6 Å². The second-order valence-corrected chi connectivity index (χ2v) is 10.9. The van der Waals surface area contributed by atoms with Crippen molar-refractivity contribution in [1.82, 2.24) is 4.90 Å². The average molecular weight is 588 g/mol. The van der Waals surface area contributed by atoms with Crippen LogP contribution in [-0.4, -0.2) is 52.0 Å². The van der Waals surface area contributed by atoms with Crippen molar-refractivity contribution in [3.63, 3.8) is 0 Å². The van der Waals surface area contributed by atoms with E-state index in [1.54, 1.807) is 15.9 Å². The molecule has 202 valence electrons. The normalized spacial score (nSPS) is 14.3. The van der Waals surface area contributed by atoms with Gasteiger partial charge in [0.25, 0.3) is 15.9 Å². The van der Waals surface area contributed by atoms with E-state index in [0.717, 1.165) is 12.1 Å². The highest BCUT2D eigenvalue weighted by Gasteiger charge is 2.31. The maximum Gasteiger partial charge on any atom is 0.416 e. The SMILES string of the molecule is O=C(COc1ccc(S(=O)(=O)Nc2ccc(Cl)c(Cl)c2)cc1)N1CCN(c2cccc(C(F)(F)F)c2)CC1. The van der Waals surface area contributed by atoms with Gasteiger partial charge in [0.1, 0.15) is 5.75 Å². The lowest BCUT2D eigenvalue weighted by Gasteiger charge is -2.36. The minimum Gasteiger partial charge on any atom is -0.484 e. The standard InChI is InChI=1S/C25H22Cl2F3N3O4S/c26-22-9-4-18(15-23(22)27)31-38(35,36)21-7-5-20(6-8-21)37-16-24(34)33-12-10-32(11-13-33)19-3-1-2-17(14-19)25(28,29)30/h1-9,14-15,31H,10-13,16H2. The molecular weight excluding hydrogens is 566 g/mol. The molecule has 0 unspecified atom stereocenters. The Kier molecular flexibility index (Phi) is 8.29. The first-order chi connectivity index (χ1) is 17.9. The zero-order valence-electron chi connectivity index (χ0n) is 19.7. The molecule has 7 nitrogen and oxygen atoms in total. The Labute approximate surface area is 227 Å². The predicted molar refractivity (Wildman–Crippen MR) is 139 cm³/mol. The number of benzene rings is 3. The lowest BCUT2D eigenvalue weighted by molar-refractivity contribution is -0.137. The predicted octanol–water partition coefficient (Wildman–Crippen LogP) is 5.54. The van der Waals surface area contributed by atoms with Crippen LogP contribution in [0.1, 0.15) is 5.56 Å². The van der Waals surface area contributed by atoms with Gasteiger partial charge < -0.3 is 14.5 Å². The highest BCUT2D eigenvalue weighted by molar-refractivity contribution is 7.92. The molecule has 1 aliphatic heterocycles. The number of nitrogens with zero attached hydrogens (tertiary/aromatic N) is 2. The van der Waals surface area contributed by atoms with Crippen molar-refractivity contribution in [2.75, 3.05) is 42.4 Å². The molecular formula is C25H22Cl2F3N3O4S. The number of anilines is 2. The van der Waals surface area contributed by atoms with E-state index in [1.807, 2.05) is 0 Å². The summed E-state index contributed by atoms with van der Waals surface area (Å²) in [5, 5.41) is 0.501. The van der Waals surface area contributed by atoms with E-state index in [4.69, 9.17) is 27.9 Å². The van der Waals surface area contributed by atoms with Gasteiger partial charge in [-0.1, -0.05) is 29.3 Å². The molecule has 0 aromatic heterocycles. The van der Waals surface area contributed by atoms with Crippen LogP contribution in [0.4, 0.5) is 24.5 Å². The molecule has 4 rings (SSSR count). The number of rotatable bonds is 7. The molecule has 3 aromatic carbocycles. The van der Waals surface area contributed by atoms with Crippen LogP contribution in [0.5, 0.6) is 5.75 Å². The first kappa shape index (κ1) is 27.9. The Morgan fingerprint density at radius 3 is 2.24 bits per heavy atom. The van der Waals surface area contributed by atoms with E-state index in [9.17, 15) is 26.4 Å². The molecule has 1 amide bonds. The zero-order valence-corrected chi connectivity index (χ0v) is 22.0. The molecule has 0 radical (unpaired) electrons. The number of hydrogen-bond donors (Lipinski definition) is 1. The van der Waals surface area contributed by atoms with Crippen LogP contribution in [0, 0.1) is 0 Å². The number of piperazine rings is 1. The Bertz CT molecular complexity index is 1410. The van der Waals surface area contributed by atoms with Crippen LogP contribution in [0.3, 0.4) is 0 Å². The maximum atomic E-state index is 13.0. The van der Waals surface area contributed by atoms with Crippen molar-refractivity contribution in [2.24, 2.45) is 0 Å². The van der Waals surface area contributed by atoms with Crippen LogP contribution < -0.4 is 14.4 Å². The number of carbonyl (C=O) groups is 1. The van der Waals surface area contributed by atoms with Crippen molar-refractivity contribution >= 4 is 50.5 Å². The third-order valence-electron chi connectivity index (χ3n) is 5.84. The van der Waals surface area contributed by atoms with Crippen molar-refractivity contribution in [2.45, 2.75) is 11.1 Å². The molecule has 0 aliphatic carbocycles.